The van der Waals surface area contributed by atoms with E-state index in [0.29, 0.717) is 5.56 Å². The molecule has 0 saturated carbocycles. The minimum absolute atomic E-state index is 0.00310. The molecule has 0 bridgehead atoms. The number of ether oxygens (including phenoxy) is 1. The summed E-state index contributed by atoms with van der Waals surface area (Å²) in [6.07, 6.45) is 0.841. The van der Waals surface area contributed by atoms with Crippen LogP contribution in [0.2, 0.25) is 0 Å². The number of aromatic amines is 1. The molecule has 29 heavy (non-hydrogen) atoms. The van der Waals surface area contributed by atoms with Crippen molar-refractivity contribution in [2.45, 2.75) is 5.92 Å². The molecule has 1 aliphatic carbocycles. The van der Waals surface area contributed by atoms with Gasteiger partial charge >= 0.3 is 6.09 Å². The summed E-state index contributed by atoms with van der Waals surface area (Å²) >= 11 is 0. The number of rotatable bonds is 3. The Morgan fingerprint density at radius 1 is 1.10 bits per heavy atom. The molecule has 0 atom stereocenters. The van der Waals surface area contributed by atoms with Gasteiger partial charge in [-0.15, -0.1) is 0 Å². The van der Waals surface area contributed by atoms with Crippen molar-refractivity contribution in [1.82, 2.24) is 10.3 Å². The Bertz CT molecular complexity index is 1140. The lowest BCUT2D eigenvalue weighted by molar-refractivity contribution is 0.144. The Labute approximate surface area is 167 Å². The van der Waals surface area contributed by atoms with Crippen LogP contribution in [-0.4, -0.2) is 29.3 Å². The number of pyridine rings is 1. The quantitative estimate of drug-likeness (QED) is 0.604. The molecule has 0 radical (unpaired) electrons. The minimum atomic E-state index is -0.577. The number of hydrogen-bond acceptors (Lipinski definition) is 4. The summed E-state index contributed by atoms with van der Waals surface area (Å²) in [6, 6.07) is 17.5. The van der Waals surface area contributed by atoms with E-state index in [0.717, 1.165) is 11.1 Å². The predicted octanol–water partition coefficient (Wildman–Crippen LogP) is 2.97. The van der Waals surface area contributed by atoms with E-state index >= 15 is 0 Å². The van der Waals surface area contributed by atoms with E-state index in [9.17, 15) is 14.7 Å². The molecule has 2 aromatic carbocycles. The average Bonchev–Trinajstić information content (AvgIpc) is 3.06. The van der Waals surface area contributed by atoms with Gasteiger partial charge in [0.2, 0.25) is 0 Å². The molecule has 3 N–H and O–H groups in total. The molecule has 6 heteroatoms. The van der Waals surface area contributed by atoms with Crippen LogP contribution >= 0.6 is 0 Å². The number of carbonyl (C=O) groups excluding carboxylic acids is 1. The number of amides is 1. The van der Waals surface area contributed by atoms with Gasteiger partial charge in [-0.2, -0.15) is 0 Å². The second-order valence-corrected chi connectivity index (χ2v) is 6.58. The van der Waals surface area contributed by atoms with Gasteiger partial charge in [-0.3, -0.25) is 4.79 Å². The predicted molar refractivity (Wildman–Crippen MR) is 109 cm³/mol. The number of nitrogens with one attached hydrogen (secondary N) is 2. The molecule has 0 saturated heterocycles. The Hall–Kier alpha value is -3.98. The van der Waals surface area contributed by atoms with Crippen molar-refractivity contribution in [3.63, 3.8) is 0 Å². The molecule has 1 aromatic heterocycles. The van der Waals surface area contributed by atoms with Gasteiger partial charge in [0, 0.05) is 23.7 Å². The summed E-state index contributed by atoms with van der Waals surface area (Å²) in [7, 11) is 0. The topological polar surface area (TPSA) is 91.4 Å². The van der Waals surface area contributed by atoms with Gasteiger partial charge in [0.05, 0.1) is 6.54 Å². The summed E-state index contributed by atoms with van der Waals surface area (Å²) in [5.74, 6) is 5.09. The largest absolute Gasteiger partial charge is 0.503 e. The highest BCUT2D eigenvalue weighted by atomic mass is 16.5. The molecule has 144 valence electrons. The fourth-order valence-electron chi connectivity index (χ4n) is 3.46. The zero-order valence-corrected chi connectivity index (χ0v) is 15.4. The molecule has 3 aromatic rings. The van der Waals surface area contributed by atoms with Crippen molar-refractivity contribution in [2.75, 3.05) is 13.2 Å². The first-order valence-corrected chi connectivity index (χ1v) is 9.13. The highest BCUT2D eigenvalue weighted by Gasteiger charge is 2.28. The lowest BCUT2D eigenvalue weighted by Crippen LogP contribution is -2.26. The van der Waals surface area contributed by atoms with Gasteiger partial charge in [-0.25, -0.2) is 4.79 Å². The van der Waals surface area contributed by atoms with Crippen molar-refractivity contribution in [3.05, 3.63) is 87.8 Å². The van der Waals surface area contributed by atoms with E-state index in [2.05, 4.69) is 46.4 Å². The second kappa shape index (κ2) is 7.95. The van der Waals surface area contributed by atoms with Gasteiger partial charge in [-0.05, 0) is 22.3 Å². The average molecular weight is 386 g/mol. The van der Waals surface area contributed by atoms with Crippen molar-refractivity contribution in [2.24, 2.45) is 0 Å². The smallest absolute Gasteiger partial charge is 0.407 e. The van der Waals surface area contributed by atoms with E-state index in [1.807, 2.05) is 24.3 Å². The van der Waals surface area contributed by atoms with Gasteiger partial charge in [0.15, 0.2) is 5.75 Å². The molecular formula is C23H18N2O4. The molecule has 1 amide bonds. The number of H-pyrrole nitrogens is 1. The van der Waals surface area contributed by atoms with Crippen LogP contribution in [-0.2, 0) is 4.74 Å². The molecule has 4 rings (SSSR count). The van der Waals surface area contributed by atoms with Crippen LogP contribution in [0.4, 0.5) is 4.79 Å². The Morgan fingerprint density at radius 2 is 1.76 bits per heavy atom. The number of alkyl carbamates (subject to hydrolysis) is 1. The second-order valence-electron chi connectivity index (χ2n) is 6.58. The molecule has 0 spiro atoms. The maximum Gasteiger partial charge on any atom is 0.407 e. The van der Waals surface area contributed by atoms with E-state index in [4.69, 9.17) is 4.74 Å². The Morgan fingerprint density at radius 3 is 2.41 bits per heavy atom. The van der Waals surface area contributed by atoms with Gasteiger partial charge in [-0.1, -0.05) is 60.4 Å². The van der Waals surface area contributed by atoms with Crippen molar-refractivity contribution >= 4 is 6.09 Å². The minimum Gasteiger partial charge on any atom is -0.503 e. The summed E-state index contributed by atoms with van der Waals surface area (Å²) in [6.45, 7) is 0.317. The first kappa shape index (κ1) is 18.4. The van der Waals surface area contributed by atoms with Crippen LogP contribution in [0.25, 0.3) is 11.1 Å². The third kappa shape index (κ3) is 3.85. The first-order valence-electron chi connectivity index (χ1n) is 9.13. The molecule has 1 heterocycles. The lowest BCUT2D eigenvalue weighted by Gasteiger charge is -2.14. The molecule has 1 aliphatic rings. The van der Waals surface area contributed by atoms with E-state index in [1.165, 1.54) is 23.4 Å². The molecule has 0 fully saturated rings. The maximum absolute atomic E-state index is 12.0. The number of carbonyl (C=O) groups is 1. The third-order valence-corrected chi connectivity index (χ3v) is 4.78. The SMILES string of the molecule is O=C(NCC#Cc1c[nH]c(=O)c(O)c1)OCC1c2ccccc2-c2ccccc21. The monoisotopic (exact) mass is 386 g/mol. The Kier molecular flexibility index (Phi) is 5.04. The van der Waals surface area contributed by atoms with Gasteiger partial charge < -0.3 is 20.1 Å². The maximum atomic E-state index is 12.0. The summed E-state index contributed by atoms with van der Waals surface area (Å²) < 4.78 is 5.42. The summed E-state index contributed by atoms with van der Waals surface area (Å²) in [4.78, 5) is 25.5. The number of fused-ring (bicyclic) bond motifs is 3. The number of aromatic hydroxyl groups is 1. The fourth-order valence-corrected chi connectivity index (χ4v) is 3.46. The van der Waals surface area contributed by atoms with Crippen LogP contribution in [0.5, 0.6) is 5.75 Å². The molecular weight excluding hydrogens is 368 g/mol. The van der Waals surface area contributed by atoms with Crippen LogP contribution in [0.1, 0.15) is 22.6 Å². The molecule has 6 nitrogen and oxygen atoms in total. The summed E-state index contributed by atoms with van der Waals surface area (Å²) in [5.41, 5.74) is 4.52. The standard InChI is InChI=1S/C23H18N2O4/c26-21-12-15(13-25-22(21)27)6-5-11-24-23(28)29-14-20-18-9-3-1-7-16(18)17-8-2-4-10-19(17)20/h1-4,7-10,12-13,20,26H,11,14H2,(H,24,28)(H,25,27). The first-order chi connectivity index (χ1) is 14.1. The normalized spacial score (nSPS) is 11.7. The lowest BCUT2D eigenvalue weighted by atomic mass is 9.98. The summed E-state index contributed by atoms with van der Waals surface area (Å²) in [5, 5.41) is 11.9. The van der Waals surface area contributed by atoms with E-state index < -0.39 is 17.4 Å². The number of aromatic nitrogens is 1. The third-order valence-electron chi connectivity index (χ3n) is 4.78. The molecule has 0 aliphatic heterocycles. The highest BCUT2D eigenvalue weighted by Crippen LogP contribution is 2.44. The van der Waals surface area contributed by atoms with Crippen molar-refractivity contribution in [3.8, 4) is 28.7 Å². The van der Waals surface area contributed by atoms with Gasteiger partial charge in [0.1, 0.15) is 6.61 Å². The van der Waals surface area contributed by atoms with Crippen LogP contribution in [0.3, 0.4) is 0 Å². The van der Waals surface area contributed by atoms with Crippen LogP contribution < -0.4 is 10.9 Å². The zero-order chi connectivity index (χ0) is 20.2. The van der Waals surface area contributed by atoms with E-state index in [1.54, 1.807) is 0 Å². The Balaban J connectivity index is 1.35. The number of benzene rings is 2. The van der Waals surface area contributed by atoms with E-state index in [-0.39, 0.29) is 19.1 Å². The fraction of sp³-hybridized carbons (Fsp3) is 0.130. The van der Waals surface area contributed by atoms with Crippen LogP contribution in [0.15, 0.2) is 65.6 Å². The zero-order valence-electron chi connectivity index (χ0n) is 15.4. The number of hydrogen-bond donors (Lipinski definition) is 3. The van der Waals surface area contributed by atoms with Crippen LogP contribution in [0, 0.1) is 11.8 Å². The molecule has 0 unspecified atom stereocenters. The van der Waals surface area contributed by atoms with Gasteiger partial charge in [0.25, 0.3) is 5.56 Å². The highest BCUT2D eigenvalue weighted by molar-refractivity contribution is 5.79. The van der Waals surface area contributed by atoms with Crippen molar-refractivity contribution < 1.29 is 14.6 Å². The van der Waals surface area contributed by atoms with Crippen molar-refractivity contribution in [1.29, 1.82) is 0 Å².